The minimum absolute atomic E-state index is 0.112. The number of nitrogens with one attached hydrogen (secondary N) is 2. The van der Waals surface area contributed by atoms with Gasteiger partial charge in [0.15, 0.2) is 0 Å². The Hall–Kier alpha value is -0.580. The first-order valence-electron chi connectivity index (χ1n) is 6.59. The number of piperidine rings is 1. The first-order chi connectivity index (χ1) is 9.15. The van der Waals surface area contributed by atoms with Crippen LogP contribution in [0.5, 0.6) is 0 Å². The zero-order valence-corrected chi connectivity index (χ0v) is 13.1. The molecule has 104 valence electrons. The normalized spacial score (nSPS) is 19.2. The van der Waals surface area contributed by atoms with E-state index in [1.807, 2.05) is 18.2 Å². The maximum absolute atomic E-state index is 11.9. The fourth-order valence-corrected chi connectivity index (χ4v) is 2.90. The highest BCUT2D eigenvalue weighted by Crippen LogP contribution is 2.22. The van der Waals surface area contributed by atoms with Crippen molar-refractivity contribution in [3.8, 4) is 0 Å². The topological polar surface area (TPSA) is 41.1 Å². The Morgan fingerprint density at radius 3 is 3.11 bits per heavy atom. The summed E-state index contributed by atoms with van der Waals surface area (Å²) in [5, 5.41) is 7.07. The van der Waals surface area contributed by atoms with Crippen LogP contribution < -0.4 is 10.6 Å². The van der Waals surface area contributed by atoms with Crippen molar-refractivity contribution in [3.63, 3.8) is 0 Å². The fourth-order valence-electron chi connectivity index (χ4n) is 2.26. The molecule has 1 heterocycles. The maximum atomic E-state index is 11.9. The molecule has 1 aliphatic rings. The van der Waals surface area contributed by atoms with Gasteiger partial charge >= 0.3 is 0 Å². The molecule has 1 atom stereocenters. The molecule has 19 heavy (non-hydrogen) atoms. The maximum Gasteiger partial charge on any atom is 0.220 e. The lowest BCUT2D eigenvalue weighted by Gasteiger charge is -2.23. The number of amides is 1. The molecule has 0 bridgehead atoms. The van der Waals surface area contributed by atoms with E-state index in [0.29, 0.717) is 17.9 Å². The zero-order chi connectivity index (χ0) is 13.7. The largest absolute Gasteiger partial charge is 0.352 e. The molecule has 1 fully saturated rings. The van der Waals surface area contributed by atoms with Gasteiger partial charge < -0.3 is 10.6 Å². The highest BCUT2D eigenvalue weighted by Gasteiger charge is 2.15. The number of aryl methyl sites for hydroxylation is 1. The van der Waals surface area contributed by atoms with E-state index in [1.54, 1.807) is 0 Å². The van der Waals surface area contributed by atoms with E-state index in [2.05, 4.69) is 26.6 Å². The second kappa shape index (κ2) is 7.27. The van der Waals surface area contributed by atoms with Crippen LogP contribution in [0, 0.1) is 0 Å². The van der Waals surface area contributed by atoms with E-state index in [4.69, 9.17) is 11.6 Å². The molecule has 3 nitrogen and oxygen atoms in total. The van der Waals surface area contributed by atoms with Crippen LogP contribution in [-0.4, -0.2) is 25.0 Å². The van der Waals surface area contributed by atoms with Crippen LogP contribution in [0.25, 0.3) is 0 Å². The van der Waals surface area contributed by atoms with Crippen molar-refractivity contribution in [2.45, 2.75) is 31.7 Å². The number of hydrogen-bond donors (Lipinski definition) is 2. The van der Waals surface area contributed by atoms with Crippen LogP contribution in [0.2, 0.25) is 5.02 Å². The van der Waals surface area contributed by atoms with E-state index in [-0.39, 0.29) is 11.9 Å². The van der Waals surface area contributed by atoms with Gasteiger partial charge in [-0.15, -0.1) is 0 Å². The van der Waals surface area contributed by atoms with E-state index >= 15 is 0 Å². The van der Waals surface area contributed by atoms with Crippen LogP contribution in [0.3, 0.4) is 0 Å². The summed E-state index contributed by atoms with van der Waals surface area (Å²) in [6, 6.07) is 5.94. The van der Waals surface area contributed by atoms with Gasteiger partial charge in [-0.05, 0) is 49.6 Å². The molecule has 1 aromatic rings. The van der Waals surface area contributed by atoms with Gasteiger partial charge in [0.25, 0.3) is 0 Å². The molecule has 1 aliphatic heterocycles. The molecular formula is C14H18BrClN2O. The van der Waals surface area contributed by atoms with Crippen LogP contribution >= 0.6 is 27.5 Å². The third kappa shape index (κ3) is 4.79. The smallest absolute Gasteiger partial charge is 0.220 e. The first-order valence-corrected chi connectivity index (χ1v) is 7.76. The molecule has 0 saturated carbocycles. The molecule has 2 rings (SSSR count). The molecular weight excluding hydrogens is 328 g/mol. The number of rotatable bonds is 4. The molecule has 0 aliphatic carbocycles. The average Bonchev–Trinajstić information content (AvgIpc) is 2.41. The van der Waals surface area contributed by atoms with Crippen LogP contribution in [0.15, 0.2) is 22.7 Å². The summed E-state index contributed by atoms with van der Waals surface area (Å²) in [6.07, 6.45) is 3.40. The molecule has 0 radical (unpaired) electrons. The predicted molar refractivity (Wildman–Crippen MR) is 81.5 cm³/mol. The summed E-state index contributed by atoms with van der Waals surface area (Å²) >= 11 is 9.44. The lowest BCUT2D eigenvalue weighted by atomic mass is 10.1. The lowest BCUT2D eigenvalue weighted by molar-refractivity contribution is -0.121. The molecule has 1 saturated heterocycles. The van der Waals surface area contributed by atoms with Gasteiger partial charge in [-0.25, -0.2) is 0 Å². The Morgan fingerprint density at radius 1 is 1.53 bits per heavy atom. The monoisotopic (exact) mass is 344 g/mol. The standard InChI is InChI=1S/C14H18BrClN2O/c15-13-5-4-11(16)8-10(13)3-6-14(19)18-12-2-1-7-17-9-12/h4-5,8,12,17H,1-3,6-7,9H2,(H,18,19)/t12-/m0/s1. The van der Waals surface area contributed by atoms with Gasteiger partial charge in [-0.3, -0.25) is 4.79 Å². The quantitative estimate of drug-likeness (QED) is 0.881. The zero-order valence-electron chi connectivity index (χ0n) is 10.7. The highest BCUT2D eigenvalue weighted by atomic mass is 79.9. The Kier molecular flexibility index (Phi) is 5.67. The lowest BCUT2D eigenvalue weighted by Crippen LogP contribution is -2.45. The van der Waals surface area contributed by atoms with Gasteiger partial charge in [0, 0.05) is 28.5 Å². The van der Waals surface area contributed by atoms with Crippen LogP contribution in [-0.2, 0) is 11.2 Å². The number of halogens is 2. The van der Waals surface area contributed by atoms with Crippen LogP contribution in [0.1, 0.15) is 24.8 Å². The molecule has 0 aromatic heterocycles. The third-order valence-electron chi connectivity index (χ3n) is 3.29. The second-order valence-electron chi connectivity index (χ2n) is 4.85. The van der Waals surface area contributed by atoms with Crippen molar-refractivity contribution in [2.24, 2.45) is 0 Å². The Labute approximate surface area is 127 Å². The van der Waals surface area contributed by atoms with Crippen molar-refractivity contribution < 1.29 is 4.79 Å². The summed E-state index contributed by atoms with van der Waals surface area (Å²) in [7, 11) is 0. The Morgan fingerprint density at radius 2 is 2.37 bits per heavy atom. The predicted octanol–water partition coefficient (Wildman–Crippen LogP) is 2.90. The van der Waals surface area contributed by atoms with E-state index in [1.165, 1.54) is 0 Å². The SMILES string of the molecule is O=C(CCc1cc(Cl)ccc1Br)N[C@H]1CCCNC1. The van der Waals surface area contributed by atoms with E-state index < -0.39 is 0 Å². The number of carbonyl (C=O) groups is 1. The summed E-state index contributed by atoms with van der Waals surface area (Å²) in [6.45, 7) is 1.94. The summed E-state index contributed by atoms with van der Waals surface area (Å²) < 4.78 is 1.00. The minimum atomic E-state index is 0.112. The molecule has 1 amide bonds. The summed E-state index contributed by atoms with van der Waals surface area (Å²) in [4.78, 5) is 11.9. The van der Waals surface area contributed by atoms with Crippen LogP contribution in [0.4, 0.5) is 0 Å². The molecule has 1 aromatic carbocycles. The average molecular weight is 346 g/mol. The number of hydrogen-bond acceptors (Lipinski definition) is 2. The second-order valence-corrected chi connectivity index (χ2v) is 6.14. The Balaban J connectivity index is 1.81. The minimum Gasteiger partial charge on any atom is -0.352 e. The van der Waals surface area contributed by atoms with E-state index in [9.17, 15) is 4.79 Å². The molecule has 5 heteroatoms. The van der Waals surface area contributed by atoms with Crippen molar-refractivity contribution >= 4 is 33.4 Å². The molecule has 0 unspecified atom stereocenters. The number of carbonyl (C=O) groups excluding carboxylic acids is 1. The molecule has 0 spiro atoms. The van der Waals surface area contributed by atoms with Gasteiger partial charge in [0.05, 0.1) is 0 Å². The summed E-state index contributed by atoms with van der Waals surface area (Å²) in [5.41, 5.74) is 1.07. The van der Waals surface area contributed by atoms with Gasteiger partial charge in [0.2, 0.25) is 5.91 Å². The first kappa shape index (κ1) is 14.8. The van der Waals surface area contributed by atoms with Gasteiger partial charge in [-0.2, -0.15) is 0 Å². The highest BCUT2D eigenvalue weighted by molar-refractivity contribution is 9.10. The van der Waals surface area contributed by atoms with Crippen molar-refractivity contribution in [1.29, 1.82) is 0 Å². The van der Waals surface area contributed by atoms with Crippen molar-refractivity contribution in [1.82, 2.24) is 10.6 Å². The van der Waals surface area contributed by atoms with Crippen molar-refractivity contribution in [2.75, 3.05) is 13.1 Å². The fraction of sp³-hybridized carbons (Fsp3) is 0.500. The van der Waals surface area contributed by atoms with Crippen molar-refractivity contribution in [3.05, 3.63) is 33.3 Å². The Bertz CT molecular complexity index is 447. The van der Waals surface area contributed by atoms with Gasteiger partial charge in [0.1, 0.15) is 0 Å². The number of benzene rings is 1. The summed E-state index contributed by atoms with van der Waals surface area (Å²) in [5.74, 6) is 0.112. The van der Waals surface area contributed by atoms with Gasteiger partial charge in [-0.1, -0.05) is 27.5 Å². The third-order valence-corrected chi connectivity index (χ3v) is 4.30. The van der Waals surface area contributed by atoms with E-state index in [0.717, 1.165) is 36.0 Å². The molecule has 2 N–H and O–H groups in total.